The molecule has 0 bridgehead atoms. The Morgan fingerprint density at radius 3 is 3.00 bits per heavy atom. The molecule has 1 saturated heterocycles. The third kappa shape index (κ3) is 2.08. The monoisotopic (exact) mass is 245 g/mol. The van der Waals surface area contributed by atoms with Gasteiger partial charge in [-0.1, -0.05) is 0 Å². The van der Waals surface area contributed by atoms with Crippen LogP contribution >= 0.6 is 0 Å². The summed E-state index contributed by atoms with van der Waals surface area (Å²) in [5.74, 6) is 0.955. The molecule has 0 amide bonds. The van der Waals surface area contributed by atoms with Crippen LogP contribution in [0, 0.1) is 12.7 Å². The van der Waals surface area contributed by atoms with Gasteiger partial charge in [-0.05, 0) is 38.4 Å². The molecule has 1 fully saturated rings. The van der Waals surface area contributed by atoms with Gasteiger partial charge < -0.3 is 5.32 Å². The average Bonchev–Trinajstić information content (AvgIpc) is 2.39. The molecule has 0 radical (unpaired) electrons. The maximum atomic E-state index is 13.3. The molecular weight excluding hydrogens is 229 g/mol. The van der Waals surface area contributed by atoms with Gasteiger partial charge in [0.05, 0.1) is 5.52 Å². The number of hydrogen-bond donors (Lipinski definition) is 1. The minimum absolute atomic E-state index is 0.242. The second-order valence-corrected chi connectivity index (χ2v) is 4.87. The van der Waals surface area contributed by atoms with Crippen LogP contribution in [0.4, 0.5) is 4.39 Å². The summed E-state index contributed by atoms with van der Waals surface area (Å²) in [5, 5.41) is 4.29. The molecule has 0 aliphatic carbocycles. The van der Waals surface area contributed by atoms with E-state index in [1.54, 1.807) is 6.07 Å². The molecule has 1 aliphatic rings. The van der Waals surface area contributed by atoms with Crippen molar-refractivity contribution >= 4 is 10.9 Å². The number of piperidine rings is 1. The molecule has 0 saturated carbocycles. The fraction of sp³-hybridized carbons (Fsp3) is 0.429. The Morgan fingerprint density at radius 1 is 1.33 bits per heavy atom. The van der Waals surface area contributed by atoms with E-state index < -0.39 is 0 Å². The summed E-state index contributed by atoms with van der Waals surface area (Å²) < 4.78 is 13.3. The van der Waals surface area contributed by atoms with E-state index in [9.17, 15) is 4.39 Å². The predicted molar refractivity (Wildman–Crippen MR) is 69.1 cm³/mol. The molecule has 2 aromatic rings. The largest absolute Gasteiger partial charge is 0.316 e. The first-order chi connectivity index (χ1) is 8.74. The molecule has 3 nitrogen and oxygen atoms in total. The van der Waals surface area contributed by atoms with E-state index >= 15 is 0 Å². The van der Waals surface area contributed by atoms with Gasteiger partial charge in [-0.2, -0.15) is 0 Å². The second-order valence-electron chi connectivity index (χ2n) is 4.87. The number of nitrogens with one attached hydrogen (secondary N) is 1. The van der Waals surface area contributed by atoms with Crippen LogP contribution in [0.25, 0.3) is 10.9 Å². The molecule has 3 rings (SSSR count). The van der Waals surface area contributed by atoms with Crippen molar-refractivity contribution in [3.63, 3.8) is 0 Å². The van der Waals surface area contributed by atoms with Crippen LogP contribution < -0.4 is 5.32 Å². The average molecular weight is 245 g/mol. The van der Waals surface area contributed by atoms with Gasteiger partial charge in [0.25, 0.3) is 0 Å². The number of nitrogens with zero attached hydrogens (tertiary/aromatic N) is 2. The zero-order chi connectivity index (χ0) is 12.5. The van der Waals surface area contributed by atoms with E-state index in [4.69, 9.17) is 0 Å². The Hall–Kier alpha value is -1.55. The first-order valence-electron chi connectivity index (χ1n) is 6.38. The van der Waals surface area contributed by atoms with Gasteiger partial charge >= 0.3 is 0 Å². The second kappa shape index (κ2) is 4.61. The standard InChI is InChI=1S/C14H16FN3/c1-9-12-5-4-11(15)7-13(12)18-14(17-9)10-3-2-6-16-8-10/h4-5,7,10,16H,2-3,6,8H2,1H3. The lowest BCUT2D eigenvalue weighted by Crippen LogP contribution is -2.29. The normalized spacial score (nSPS) is 20.2. The van der Waals surface area contributed by atoms with Gasteiger partial charge in [0.15, 0.2) is 0 Å². The number of rotatable bonds is 1. The molecule has 94 valence electrons. The first kappa shape index (κ1) is 11.5. The van der Waals surface area contributed by atoms with Crippen molar-refractivity contribution in [3.05, 3.63) is 35.5 Å². The Morgan fingerprint density at radius 2 is 2.22 bits per heavy atom. The topological polar surface area (TPSA) is 37.8 Å². The molecule has 18 heavy (non-hydrogen) atoms. The maximum absolute atomic E-state index is 13.3. The summed E-state index contributed by atoms with van der Waals surface area (Å²) in [6.07, 6.45) is 2.25. The van der Waals surface area contributed by atoms with Crippen molar-refractivity contribution < 1.29 is 4.39 Å². The molecule has 1 aromatic carbocycles. The Balaban J connectivity index is 2.07. The lowest BCUT2D eigenvalue weighted by molar-refractivity contribution is 0.447. The van der Waals surface area contributed by atoms with Crippen molar-refractivity contribution in [3.8, 4) is 0 Å². The lowest BCUT2D eigenvalue weighted by atomic mass is 9.98. The van der Waals surface area contributed by atoms with Crippen LogP contribution in [0.2, 0.25) is 0 Å². The van der Waals surface area contributed by atoms with Gasteiger partial charge in [0, 0.05) is 29.6 Å². The van der Waals surface area contributed by atoms with Crippen molar-refractivity contribution in [2.45, 2.75) is 25.7 Å². The molecular formula is C14H16FN3. The minimum atomic E-state index is -0.242. The van der Waals surface area contributed by atoms with Crippen molar-refractivity contribution in [2.75, 3.05) is 13.1 Å². The summed E-state index contributed by atoms with van der Waals surface area (Å²) in [7, 11) is 0. The molecule has 0 spiro atoms. The van der Waals surface area contributed by atoms with Crippen molar-refractivity contribution in [1.29, 1.82) is 0 Å². The highest BCUT2D eigenvalue weighted by atomic mass is 19.1. The minimum Gasteiger partial charge on any atom is -0.316 e. The van der Waals surface area contributed by atoms with E-state index in [0.717, 1.165) is 42.8 Å². The highest BCUT2D eigenvalue weighted by Crippen LogP contribution is 2.24. The number of hydrogen-bond acceptors (Lipinski definition) is 3. The zero-order valence-corrected chi connectivity index (χ0v) is 10.4. The summed E-state index contributed by atoms with van der Waals surface area (Å²) in [4.78, 5) is 9.11. The van der Waals surface area contributed by atoms with E-state index in [2.05, 4.69) is 15.3 Å². The number of aromatic nitrogens is 2. The third-order valence-electron chi connectivity index (χ3n) is 3.53. The Kier molecular flexibility index (Phi) is 2.96. The predicted octanol–water partition coefficient (Wildman–Crippen LogP) is 2.54. The maximum Gasteiger partial charge on any atom is 0.133 e. The van der Waals surface area contributed by atoms with E-state index in [0.29, 0.717) is 11.4 Å². The molecule has 1 unspecified atom stereocenters. The zero-order valence-electron chi connectivity index (χ0n) is 10.4. The molecule has 1 N–H and O–H groups in total. The first-order valence-corrected chi connectivity index (χ1v) is 6.38. The van der Waals surface area contributed by atoms with Gasteiger partial charge in [0.1, 0.15) is 11.6 Å². The molecule has 1 aliphatic heterocycles. The van der Waals surface area contributed by atoms with Gasteiger partial charge in [-0.3, -0.25) is 0 Å². The molecule has 2 heterocycles. The molecule has 1 aromatic heterocycles. The van der Waals surface area contributed by atoms with E-state index in [1.165, 1.54) is 12.1 Å². The van der Waals surface area contributed by atoms with E-state index in [1.807, 2.05) is 6.92 Å². The molecule has 4 heteroatoms. The fourth-order valence-electron chi connectivity index (χ4n) is 2.54. The number of aryl methyl sites for hydroxylation is 1. The van der Waals surface area contributed by atoms with Crippen molar-refractivity contribution in [2.24, 2.45) is 0 Å². The summed E-state index contributed by atoms with van der Waals surface area (Å²) in [5.41, 5.74) is 1.64. The summed E-state index contributed by atoms with van der Waals surface area (Å²) >= 11 is 0. The van der Waals surface area contributed by atoms with Gasteiger partial charge in [-0.25, -0.2) is 14.4 Å². The van der Waals surface area contributed by atoms with Crippen LogP contribution in [0.5, 0.6) is 0 Å². The van der Waals surface area contributed by atoms with Gasteiger partial charge in [-0.15, -0.1) is 0 Å². The summed E-state index contributed by atoms with van der Waals surface area (Å²) in [6, 6.07) is 4.70. The Bertz CT molecular complexity index is 577. The van der Waals surface area contributed by atoms with E-state index in [-0.39, 0.29) is 5.82 Å². The van der Waals surface area contributed by atoms with Crippen LogP contribution in [-0.4, -0.2) is 23.1 Å². The third-order valence-corrected chi connectivity index (χ3v) is 3.53. The SMILES string of the molecule is Cc1nc(C2CCCNC2)nc2cc(F)ccc12. The Labute approximate surface area is 105 Å². The quantitative estimate of drug-likeness (QED) is 0.839. The number of halogens is 1. The highest BCUT2D eigenvalue weighted by Gasteiger charge is 2.19. The number of fused-ring (bicyclic) bond motifs is 1. The van der Waals surface area contributed by atoms with Crippen molar-refractivity contribution in [1.82, 2.24) is 15.3 Å². The van der Waals surface area contributed by atoms with Crippen LogP contribution in [0.3, 0.4) is 0 Å². The highest BCUT2D eigenvalue weighted by molar-refractivity contribution is 5.80. The van der Waals surface area contributed by atoms with Crippen LogP contribution in [0.1, 0.15) is 30.3 Å². The smallest absolute Gasteiger partial charge is 0.133 e. The lowest BCUT2D eigenvalue weighted by Gasteiger charge is -2.22. The summed E-state index contributed by atoms with van der Waals surface area (Å²) in [6.45, 7) is 3.94. The fourth-order valence-corrected chi connectivity index (χ4v) is 2.54. The van der Waals surface area contributed by atoms with Crippen LogP contribution in [-0.2, 0) is 0 Å². The molecule has 1 atom stereocenters. The van der Waals surface area contributed by atoms with Gasteiger partial charge in [0.2, 0.25) is 0 Å². The van der Waals surface area contributed by atoms with Crippen LogP contribution in [0.15, 0.2) is 18.2 Å². The number of benzene rings is 1.